The molecule has 0 amide bonds. The average Bonchev–Trinajstić information content (AvgIpc) is 2.96. The average molecular weight is 275 g/mol. The van der Waals surface area contributed by atoms with E-state index < -0.39 is 5.97 Å². The maximum Gasteiger partial charge on any atom is 0.335 e. The molecule has 1 aromatic rings. The summed E-state index contributed by atoms with van der Waals surface area (Å²) in [7, 11) is 0. The third-order valence-electron chi connectivity index (χ3n) is 4.19. The molecular weight excluding hydrogens is 250 g/mol. The summed E-state index contributed by atoms with van der Waals surface area (Å²) >= 11 is 0. The van der Waals surface area contributed by atoms with Crippen molar-refractivity contribution in [3.05, 3.63) is 35.4 Å². The number of rotatable bonds is 8. The van der Waals surface area contributed by atoms with Gasteiger partial charge in [-0.3, -0.25) is 0 Å². The van der Waals surface area contributed by atoms with Gasteiger partial charge >= 0.3 is 5.97 Å². The maximum absolute atomic E-state index is 10.9. The summed E-state index contributed by atoms with van der Waals surface area (Å²) < 4.78 is 0. The summed E-state index contributed by atoms with van der Waals surface area (Å²) in [5.41, 5.74) is 1.41. The summed E-state index contributed by atoms with van der Waals surface area (Å²) in [5.74, 6) is 0.130. The van der Waals surface area contributed by atoms with Crippen molar-refractivity contribution in [2.75, 3.05) is 6.54 Å². The van der Waals surface area contributed by atoms with Gasteiger partial charge in [-0.05, 0) is 36.6 Å². The molecular formula is C17H25NO2. The van der Waals surface area contributed by atoms with E-state index in [4.69, 9.17) is 5.11 Å². The van der Waals surface area contributed by atoms with Crippen LogP contribution in [-0.4, -0.2) is 17.6 Å². The highest BCUT2D eigenvalue weighted by Crippen LogP contribution is 2.28. The molecule has 0 radical (unpaired) electrons. The Morgan fingerprint density at radius 1 is 1.25 bits per heavy atom. The van der Waals surface area contributed by atoms with Crippen molar-refractivity contribution in [2.24, 2.45) is 5.92 Å². The molecule has 3 heteroatoms. The van der Waals surface area contributed by atoms with Crippen LogP contribution in [0.5, 0.6) is 0 Å². The lowest BCUT2D eigenvalue weighted by molar-refractivity contribution is 0.0696. The van der Waals surface area contributed by atoms with Crippen LogP contribution in [0.25, 0.3) is 0 Å². The molecule has 0 aromatic heterocycles. The third-order valence-corrected chi connectivity index (χ3v) is 4.19. The Labute approximate surface area is 121 Å². The molecule has 0 saturated heterocycles. The number of hydrogen-bond donors (Lipinski definition) is 2. The van der Waals surface area contributed by atoms with Crippen LogP contribution in [0.2, 0.25) is 0 Å². The predicted octanol–water partition coefficient (Wildman–Crippen LogP) is 3.83. The van der Waals surface area contributed by atoms with Crippen LogP contribution < -0.4 is 5.32 Å². The number of carboxylic acid groups (broad SMARTS) is 1. The first kappa shape index (κ1) is 15.0. The zero-order valence-electron chi connectivity index (χ0n) is 12.1. The Kier molecular flexibility index (Phi) is 6.06. The standard InChI is InChI=1S/C17H25NO2/c19-17(20)16-10-5-9-15(12-16)13-18-11-4-3-8-14-6-1-2-7-14/h5,9-10,12,14,18H,1-4,6-8,11,13H2,(H,19,20). The molecule has 3 nitrogen and oxygen atoms in total. The van der Waals surface area contributed by atoms with Crippen LogP contribution >= 0.6 is 0 Å². The number of nitrogens with one attached hydrogen (secondary N) is 1. The number of carboxylic acids is 1. The van der Waals surface area contributed by atoms with Gasteiger partial charge < -0.3 is 10.4 Å². The van der Waals surface area contributed by atoms with Gasteiger partial charge in [0, 0.05) is 6.54 Å². The predicted molar refractivity (Wildman–Crippen MR) is 80.9 cm³/mol. The minimum absolute atomic E-state index is 0.366. The van der Waals surface area contributed by atoms with Crippen molar-refractivity contribution >= 4 is 5.97 Å². The van der Waals surface area contributed by atoms with E-state index in [0.717, 1.165) is 24.6 Å². The minimum atomic E-state index is -0.858. The molecule has 1 aromatic carbocycles. The number of hydrogen-bond acceptors (Lipinski definition) is 2. The fourth-order valence-corrected chi connectivity index (χ4v) is 3.03. The van der Waals surface area contributed by atoms with Gasteiger partial charge in [0.15, 0.2) is 0 Å². The normalized spacial score (nSPS) is 15.6. The molecule has 1 aliphatic rings. The molecule has 2 N–H and O–H groups in total. The SMILES string of the molecule is O=C(O)c1cccc(CNCCCCC2CCCC2)c1. The van der Waals surface area contributed by atoms with E-state index >= 15 is 0 Å². The van der Waals surface area contributed by atoms with Crippen LogP contribution in [0.1, 0.15) is 60.9 Å². The smallest absolute Gasteiger partial charge is 0.335 e. The van der Waals surface area contributed by atoms with Gasteiger partial charge in [0.25, 0.3) is 0 Å². The molecule has 1 saturated carbocycles. The van der Waals surface area contributed by atoms with Crippen LogP contribution in [0.4, 0.5) is 0 Å². The molecule has 0 bridgehead atoms. The van der Waals surface area contributed by atoms with Gasteiger partial charge in [-0.25, -0.2) is 4.79 Å². The summed E-state index contributed by atoms with van der Waals surface area (Å²) in [5, 5.41) is 12.3. The molecule has 0 heterocycles. The Hall–Kier alpha value is -1.35. The Bertz CT molecular complexity index is 425. The molecule has 0 unspecified atom stereocenters. The molecule has 20 heavy (non-hydrogen) atoms. The van der Waals surface area contributed by atoms with Gasteiger partial charge in [0.05, 0.1) is 5.56 Å². The quantitative estimate of drug-likeness (QED) is 0.709. The van der Waals surface area contributed by atoms with Crippen molar-refractivity contribution in [3.63, 3.8) is 0 Å². The molecule has 0 spiro atoms. The Morgan fingerprint density at radius 3 is 2.80 bits per heavy atom. The Morgan fingerprint density at radius 2 is 2.05 bits per heavy atom. The second-order valence-corrected chi connectivity index (χ2v) is 5.83. The van der Waals surface area contributed by atoms with Crippen molar-refractivity contribution < 1.29 is 9.90 Å². The molecule has 110 valence electrons. The van der Waals surface area contributed by atoms with E-state index in [1.807, 2.05) is 6.07 Å². The molecule has 1 aliphatic carbocycles. The highest BCUT2D eigenvalue weighted by atomic mass is 16.4. The van der Waals surface area contributed by atoms with Gasteiger partial charge in [0.1, 0.15) is 0 Å². The zero-order chi connectivity index (χ0) is 14.2. The number of unbranched alkanes of at least 4 members (excludes halogenated alkanes) is 1. The van der Waals surface area contributed by atoms with E-state index in [9.17, 15) is 4.79 Å². The van der Waals surface area contributed by atoms with E-state index in [0.29, 0.717) is 5.56 Å². The summed E-state index contributed by atoms with van der Waals surface area (Å²) in [6, 6.07) is 7.15. The largest absolute Gasteiger partial charge is 0.478 e. The monoisotopic (exact) mass is 275 g/mol. The molecule has 2 rings (SSSR count). The second-order valence-electron chi connectivity index (χ2n) is 5.83. The maximum atomic E-state index is 10.9. The fraction of sp³-hybridized carbons (Fsp3) is 0.588. The van der Waals surface area contributed by atoms with Gasteiger partial charge in [-0.1, -0.05) is 50.7 Å². The number of carbonyl (C=O) groups is 1. The molecule has 0 aliphatic heterocycles. The van der Waals surface area contributed by atoms with E-state index in [-0.39, 0.29) is 0 Å². The minimum Gasteiger partial charge on any atom is -0.478 e. The topological polar surface area (TPSA) is 49.3 Å². The lowest BCUT2D eigenvalue weighted by Crippen LogP contribution is -2.15. The fourth-order valence-electron chi connectivity index (χ4n) is 3.03. The highest BCUT2D eigenvalue weighted by molar-refractivity contribution is 5.87. The number of benzene rings is 1. The van der Waals surface area contributed by atoms with Crippen molar-refractivity contribution in [2.45, 2.75) is 51.5 Å². The second kappa shape index (κ2) is 8.05. The van der Waals surface area contributed by atoms with Crippen LogP contribution in [-0.2, 0) is 6.54 Å². The lowest BCUT2D eigenvalue weighted by atomic mass is 10.0. The van der Waals surface area contributed by atoms with E-state index in [1.165, 1.54) is 44.9 Å². The summed E-state index contributed by atoms with van der Waals surface area (Å²) in [4.78, 5) is 10.9. The molecule has 0 atom stereocenters. The lowest BCUT2D eigenvalue weighted by Gasteiger charge is -2.09. The molecule has 1 fully saturated rings. The van der Waals surface area contributed by atoms with Crippen LogP contribution in [0.3, 0.4) is 0 Å². The number of aromatic carboxylic acids is 1. The highest BCUT2D eigenvalue weighted by Gasteiger charge is 2.13. The van der Waals surface area contributed by atoms with E-state index in [2.05, 4.69) is 5.32 Å². The van der Waals surface area contributed by atoms with Gasteiger partial charge in [0.2, 0.25) is 0 Å². The van der Waals surface area contributed by atoms with Crippen molar-refractivity contribution in [1.29, 1.82) is 0 Å². The first-order chi connectivity index (χ1) is 9.75. The van der Waals surface area contributed by atoms with Crippen LogP contribution in [0, 0.1) is 5.92 Å². The van der Waals surface area contributed by atoms with E-state index in [1.54, 1.807) is 18.2 Å². The van der Waals surface area contributed by atoms with Crippen molar-refractivity contribution in [3.8, 4) is 0 Å². The van der Waals surface area contributed by atoms with Gasteiger partial charge in [-0.2, -0.15) is 0 Å². The van der Waals surface area contributed by atoms with Gasteiger partial charge in [-0.15, -0.1) is 0 Å². The van der Waals surface area contributed by atoms with Crippen molar-refractivity contribution in [1.82, 2.24) is 5.32 Å². The first-order valence-electron chi connectivity index (χ1n) is 7.78. The van der Waals surface area contributed by atoms with Crippen LogP contribution in [0.15, 0.2) is 24.3 Å². The third kappa shape index (κ3) is 4.97. The summed E-state index contributed by atoms with van der Waals surface area (Å²) in [6.07, 6.45) is 9.66. The zero-order valence-corrected chi connectivity index (χ0v) is 12.1. The summed E-state index contributed by atoms with van der Waals surface area (Å²) in [6.45, 7) is 1.77. The Balaban J connectivity index is 1.58. The first-order valence-corrected chi connectivity index (χ1v) is 7.78.